The van der Waals surface area contributed by atoms with E-state index in [9.17, 15) is 0 Å². The Kier molecular flexibility index (Phi) is 6.57. The Morgan fingerprint density at radius 2 is 1.63 bits per heavy atom. The molecule has 2 heterocycles. The van der Waals surface area contributed by atoms with Crippen molar-refractivity contribution in [3.8, 4) is 0 Å². The molecule has 1 N–H and O–H groups in total. The normalized spacial score (nSPS) is 28.4. The minimum atomic E-state index is 0.762. The molecule has 0 aromatic carbocycles. The molecule has 4 heteroatoms. The van der Waals surface area contributed by atoms with Crippen molar-refractivity contribution < 1.29 is 0 Å². The minimum absolute atomic E-state index is 0.762. The molecule has 2 aliphatic heterocycles. The van der Waals surface area contributed by atoms with E-state index in [1.165, 1.54) is 78.0 Å². The van der Waals surface area contributed by atoms with Gasteiger partial charge in [-0.05, 0) is 66.0 Å². The number of nitrogens with zero attached hydrogens (tertiary/aromatic N) is 3. The fourth-order valence-corrected chi connectivity index (χ4v) is 3.12. The summed E-state index contributed by atoms with van der Waals surface area (Å²) in [6.07, 6.45) is 5.34. The SMILES string of the molecule is CN1CCCC(NCCCN2CCN(C)CC2)CC1. The van der Waals surface area contributed by atoms with Crippen LogP contribution in [0, 0.1) is 0 Å². The highest BCUT2D eigenvalue weighted by atomic mass is 15.2. The summed E-state index contributed by atoms with van der Waals surface area (Å²) in [5.41, 5.74) is 0. The maximum Gasteiger partial charge on any atom is 0.0110 e. The van der Waals surface area contributed by atoms with Crippen molar-refractivity contribution in [2.24, 2.45) is 0 Å². The van der Waals surface area contributed by atoms with Crippen LogP contribution in [0.15, 0.2) is 0 Å². The summed E-state index contributed by atoms with van der Waals surface area (Å²) in [4.78, 5) is 7.51. The van der Waals surface area contributed by atoms with E-state index in [-0.39, 0.29) is 0 Å². The maximum atomic E-state index is 3.77. The summed E-state index contributed by atoms with van der Waals surface area (Å²) < 4.78 is 0. The fourth-order valence-electron chi connectivity index (χ4n) is 3.12. The molecule has 112 valence electrons. The first-order valence-electron chi connectivity index (χ1n) is 8.07. The molecule has 0 aliphatic carbocycles. The zero-order valence-electron chi connectivity index (χ0n) is 12.9. The molecule has 19 heavy (non-hydrogen) atoms. The Hall–Kier alpha value is -0.160. The predicted molar refractivity (Wildman–Crippen MR) is 81.7 cm³/mol. The maximum absolute atomic E-state index is 3.77. The van der Waals surface area contributed by atoms with Crippen LogP contribution in [-0.4, -0.2) is 87.2 Å². The van der Waals surface area contributed by atoms with Crippen LogP contribution < -0.4 is 5.32 Å². The van der Waals surface area contributed by atoms with Crippen LogP contribution in [0.4, 0.5) is 0 Å². The van der Waals surface area contributed by atoms with Gasteiger partial charge in [-0.3, -0.25) is 0 Å². The van der Waals surface area contributed by atoms with Crippen LogP contribution in [0.2, 0.25) is 0 Å². The van der Waals surface area contributed by atoms with E-state index in [1.807, 2.05) is 0 Å². The fraction of sp³-hybridized carbons (Fsp3) is 1.00. The highest BCUT2D eigenvalue weighted by molar-refractivity contribution is 4.74. The van der Waals surface area contributed by atoms with Gasteiger partial charge in [-0.25, -0.2) is 0 Å². The van der Waals surface area contributed by atoms with Gasteiger partial charge < -0.3 is 20.0 Å². The van der Waals surface area contributed by atoms with Gasteiger partial charge in [-0.1, -0.05) is 0 Å². The Labute approximate surface area is 119 Å². The molecule has 1 atom stereocenters. The van der Waals surface area contributed by atoms with Crippen LogP contribution in [-0.2, 0) is 0 Å². The van der Waals surface area contributed by atoms with Gasteiger partial charge in [0, 0.05) is 32.2 Å². The van der Waals surface area contributed by atoms with E-state index in [4.69, 9.17) is 0 Å². The zero-order valence-corrected chi connectivity index (χ0v) is 12.9. The molecule has 0 amide bonds. The minimum Gasteiger partial charge on any atom is -0.314 e. The molecule has 2 rings (SSSR count). The molecular formula is C15H32N4. The van der Waals surface area contributed by atoms with Crippen molar-refractivity contribution >= 4 is 0 Å². The summed E-state index contributed by atoms with van der Waals surface area (Å²) in [6.45, 7) is 9.99. The van der Waals surface area contributed by atoms with Crippen molar-refractivity contribution in [1.82, 2.24) is 20.0 Å². The molecule has 4 nitrogen and oxygen atoms in total. The molecule has 0 aromatic heterocycles. The van der Waals surface area contributed by atoms with Gasteiger partial charge >= 0.3 is 0 Å². The second-order valence-corrected chi connectivity index (χ2v) is 6.38. The topological polar surface area (TPSA) is 21.8 Å². The van der Waals surface area contributed by atoms with Crippen LogP contribution in [0.25, 0.3) is 0 Å². The van der Waals surface area contributed by atoms with Crippen molar-refractivity contribution in [3.05, 3.63) is 0 Å². The first-order valence-corrected chi connectivity index (χ1v) is 8.07. The third-order valence-electron chi connectivity index (χ3n) is 4.63. The summed E-state index contributed by atoms with van der Waals surface area (Å²) in [6, 6.07) is 0.762. The molecule has 0 aromatic rings. The Morgan fingerprint density at radius 3 is 2.42 bits per heavy atom. The lowest BCUT2D eigenvalue weighted by atomic mass is 10.1. The number of likely N-dealkylation sites (tertiary alicyclic amines) is 1. The number of piperazine rings is 1. The Bertz CT molecular complexity index is 238. The lowest BCUT2D eigenvalue weighted by Gasteiger charge is -2.32. The molecular weight excluding hydrogens is 236 g/mol. The van der Waals surface area contributed by atoms with Gasteiger partial charge in [0.2, 0.25) is 0 Å². The third-order valence-corrected chi connectivity index (χ3v) is 4.63. The number of hydrogen-bond donors (Lipinski definition) is 1. The standard InChI is InChI=1S/C15H32N4/c1-17-8-3-5-15(6-10-17)16-7-4-9-19-13-11-18(2)12-14-19/h15-16H,3-14H2,1-2H3. The van der Waals surface area contributed by atoms with Gasteiger partial charge in [-0.2, -0.15) is 0 Å². The van der Waals surface area contributed by atoms with Crippen molar-refractivity contribution in [2.75, 3.05) is 66.5 Å². The average molecular weight is 268 g/mol. The highest BCUT2D eigenvalue weighted by Crippen LogP contribution is 2.09. The van der Waals surface area contributed by atoms with Crippen molar-refractivity contribution in [3.63, 3.8) is 0 Å². The van der Waals surface area contributed by atoms with Gasteiger partial charge in [0.25, 0.3) is 0 Å². The number of rotatable bonds is 5. The second kappa shape index (κ2) is 8.20. The van der Waals surface area contributed by atoms with Gasteiger partial charge in [0.05, 0.1) is 0 Å². The van der Waals surface area contributed by atoms with E-state index in [0.717, 1.165) is 6.04 Å². The Balaban J connectivity index is 1.51. The number of nitrogens with one attached hydrogen (secondary N) is 1. The van der Waals surface area contributed by atoms with E-state index in [2.05, 4.69) is 34.1 Å². The second-order valence-electron chi connectivity index (χ2n) is 6.38. The molecule has 2 aliphatic rings. The predicted octanol–water partition coefficient (Wildman–Crippen LogP) is 0.698. The van der Waals surface area contributed by atoms with E-state index in [1.54, 1.807) is 0 Å². The van der Waals surface area contributed by atoms with Gasteiger partial charge in [0.15, 0.2) is 0 Å². The summed E-state index contributed by atoms with van der Waals surface area (Å²) >= 11 is 0. The molecule has 0 radical (unpaired) electrons. The summed E-state index contributed by atoms with van der Waals surface area (Å²) in [5.74, 6) is 0. The first kappa shape index (κ1) is 15.2. The molecule has 1 unspecified atom stereocenters. The molecule has 0 saturated carbocycles. The summed E-state index contributed by atoms with van der Waals surface area (Å²) in [7, 11) is 4.47. The van der Waals surface area contributed by atoms with Crippen molar-refractivity contribution in [2.45, 2.75) is 31.7 Å². The zero-order chi connectivity index (χ0) is 13.5. The van der Waals surface area contributed by atoms with E-state index >= 15 is 0 Å². The molecule has 0 bridgehead atoms. The largest absolute Gasteiger partial charge is 0.314 e. The lowest BCUT2D eigenvalue weighted by Crippen LogP contribution is -2.45. The van der Waals surface area contributed by atoms with Crippen LogP contribution in [0.3, 0.4) is 0 Å². The van der Waals surface area contributed by atoms with E-state index in [0.29, 0.717) is 0 Å². The average Bonchev–Trinajstić information content (AvgIpc) is 2.62. The molecule has 2 saturated heterocycles. The van der Waals surface area contributed by atoms with Crippen molar-refractivity contribution in [1.29, 1.82) is 0 Å². The van der Waals surface area contributed by atoms with E-state index < -0.39 is 0 Å². The first-order chi connectivity index (χ1) is 9.24. The number of hydrogen-bond acceptors (Lipinski definition) is 4. The summed E-state index contributed by atoms with van der Waals surface area (Å²) in [5, 5.41) is 3.77. The van der Waals surface area contributed by atoms with Gasteiger partial charge in [0.1, 0.15) is 0 Å². The van der Waals surface area contributed by atoms with Gasteiger partial charge in [-0.15, -0.1) is 0 Å². The highest BCUT2D eigenvalue weighted by Gasteiger charge is 2.15. The Morgan fingerprint density at radius 1 is 0.895 bits per heavy atom. The van der Waals surface area contributed by atoms with Crippen LogP contribution >= 0.6 is 0 Å². The molecule has 2 fully saturated rings. The van der Waals surface area contributed by atoms with Crippen LogP contribution in [0.1, 0.15) is 25.7 Å². The smallest absolute Gasteiger partial charge is 0.0110 e. The number of likely N-dealkylation sites (N-methyl/N-ethyl adjacent to an activating group) is 1. The third kappa shape index (κ3) is 5.78. The van der Waals surface area contributed by atoms with Crippen LogP contribution in [0.5, 0.6) is 0 Å². The molecule has 0 spiro atoms. The quantitative estimate of drug-likeness (QED) is 0.741. The monoisotopic (exact) mass is 268 g/mol. The lowest BCUT2D eigenvalue weighted by molar-refractivity contribution is 0.152.